The van der Waals surface area contributed by atoms with E-state index in [0.717, 1.165) is 24.6 Å². The molecule has 1 fully saturated rings. The lowest BCUT2D eigenvalue weighted by atomic mass is 10.1. The molecule has 0 radical (unpaired) electrons. The van der Waals surface area contributed by atoms with E-state index in [0.29, 0.717) is 23.3 Å². The van der Waals surface area contributed by atoms with Gasteiger partial charge in [0.25, 0.3) is 5.91 Å². The molecule has 2 aromatic rings. The summed E-state index contributed by atoms with van der Waals surface area (Å²) in [6.45, 7) is 2.21. The zero-order chi connectivity index (χ0) is 15.7. The Labute approximate surface area is 128 Å². The predicted octanol–water partition coefficient (Wildman–Crippen LogP) is 2.57. The van der Waals surface area contributed by atoms with Crippen molar-refractivity contribution >= 4 is 16.8 Å². The van der Waals surface area contributed by atoms with Crippen molar-refractivity contribution in [2.45, 2.75) is 32.3 Å². The maximum atomic E-state index is 13.2. The summed E-state index contributed by atoms with van der Waals surface area (Å²) >= 11 is 0. The second-order valence-electron chi connectivity index (χ2n) is 5.93. The van der Waals surface area contributed by atoms with E-state index in [1.54, 1.807) is 19.1 Å². The standard InChI is InChI=1S/C17H19FN2O2/c1-10-14(7-11-5-6-13(18)8-15(11)20-10)17(22)19-9-12-3-2-4-16(12)21/h5-8,12,16,21H,2-4,9H2,1H3,(H,19,22). The van der Waals surface area contributed by atoms with Crippen molar-refractivity contribution in [3.63, 3.8) is 0 Å². The first-order chi connectivity index (χ1) is 10.5. The number of hydrogen-bond acceptors (Lipinski definition) is 3. The van der Waals surface area contributed by atoms with Gasteiger partial charge in [0, 0.05) is 23.9 Å². The number of aryl methyl sites for hydroxylation is 1. The Hall–Kier alpha value is -2.01. The third-order valence-electron chi connectivity index (χ3n) is 4.36. The molecule has 4 nitrogen and oxygen atoms in total. The maximum absolute atomic E-state index is 13.2. The molecule has 1 aromatic heterocycles. The van der Waals surface area contributed by atoms with Crippen molar-refractivity contribution in [1.82, 2.24) is 10.3 Å². The Morgan fingerprint density at radius 2 is 2.23 bits per heavy atom. The van der Waals surface area contributed by atoms with Gasteiger partial charge < -0.3 is 10.4 Å². The van der Waals surface area contributed by atoms with Crippen LogP contribution in [-0.2, 0) is 0 Å². The molecule has 0 saturated heterocycles. The molecular formula is C17H19FN2O2. The number of pyridine rings is 1. The molecule has 1 aromatic carbocycles. The highest BCUT2D eigenvalue weighted by molar-refractivity contribution is 5.98. The molecule has 2 unspecified atom stereocenters. The van der Waals surface area contributed by atoms with Crippen LogP contribution in [-0.4, -0.2) is 28.6 Å². The molecule has 2 atom stereocenters. The summed E-state index contributed by atoms with van der Waals surface area (Å²) in [6.07, 6.45) is 2.43. The summed E-state index contributed by atoms with van der Waals surface area (Å²) in [7, 11) is 0. The fourth-order valence-corrected chi connectivity index (χ4v) is 3.04. The largest absolute Gasteiger partial charge is 0.393 e. The minimum absolute atomic E-state index is 0.131. The van der Waals surface area contributed by atoms with Gasteiger partial charge in [-0.25, -0.2) is 4.39 Å². The monoisotopic (exact) mass is 302 g/mol. The van der Waals surface area contributed by atoms with E-state index in [4.69, 9.17) is 0 Å². The van der Waals surface area contributed by atoms with E-state index >= 15 is 0 Å². The third kappa shape index (κ3) is 2.95. The van der Waals surface area contributed by atoms with Gasteiger partial charge in [0.15, 0.2) is 0 Å². The molecule has 0 aliphatic heterocycles. The molecular weight excluding hydrogens is 283 g/mol. The van der Waals surface area contributed by atoms with Crippen LogP contribution in [0.15, 0.2) is 24.3 Å². The second-order valence-corrected chi connectivity index (χ2v) is 5.93. The highest BCUT2D eigenvalue weighted by atomic mass is 19.1. The van der Waals surface area contributed by atoms with Crippen molar-refractivity contribution in [2.75, 3.05) is 6.54 Å². The van der Waals surface area contributed by atoms with E-state index in [2.05, 4.69) is 10.3 Å². The molecule has 1 amide bonds. The topological polar surface area (TPSA) is 62.2 Å². The quantitative estimate of drug-likeness (QED) is 0.916. The first kappa shape index (κ1) is 14.9. The van der Waals surface area contributed by atoms with Gasteiger partial charge in [-0.15, -0.1) is 0 Å². The van der Waals surface area contributed by atoms with Gasteiger partial charge in [-0.05, 0) is 38.0 Å². The number of aliphatic hydroxyl groups excluding tert-OH is 1. The number of aromatic nitrogens is 1. The van der Waals surface area contributed by atoms with E-state index in [1.807, 2.05) is 0 Å². The van der Waals surface area contributed by atoms with Gasteiger partial charge in [-0.1, -0.05) is 6.42 Å². The van der Waals surface area contributed by atoms with Gasteiger partial charge >= 0.3 is 0 Å². The van der Waals surface area contributed by atoms with E-state index in [-0.39, 0.29) is 23.7 Å². The van der Waals surface area contributed by atoms with Crippen LogP contribution in [0.2, 0.25) is 0 Å². The number of rotatable bonds is 3. The number of halogens is 1. The van der Waals surface area contributed by atoms with Crippen molar-refractivity contribution in [2.24, 2.45) is 5.92 Å². The van der Waals surface area contributed by atoms with Crippen LogP contribution in [0.5, 0.6) is 0 Å². The van der Waals surface area contributed by atoms with Crippen LogP contribution >= 0.6 is 0 Å². The van der Waals surface area contributed by atoms with Gasteiger partial charge in [0.05, 0.1) is 22.9 Å². The summed E-state index contributed by atoms with van der Waals surface area (Å²) < 4.78 is 13.2. The minimum atomic E-state index is -0.341. The smallest absolute Gasteiger partial charge is 0.253 e. The summed E-state index contributed by atoms with van der Waals surface area (Å²) in [4.78, 5) is 16.6. The normalized spacial score (nSPS) is 21.2. The molecule has 22 heavy (non-hydrogen) atoms. The first-order valence-corrected chi connectivity index (χ1v) is 7.58. The van der Waals surface area contributed by atoms with E-state index < -0.39 is 0 Å². The summed E-state index contributed by atoms with van der Waals surface area (Å²) in [5, 5.41) is 13.4. The molecule has 1 aliphatic carbocycles. The lowest BCUT2D eigenvalue weighted by molar-refractivity contribution is 0.0916. The Kier molecular flexibility index (Phi) is 4.07. The molecule has 3 rings (SSSR count). The fraction of sp³-hybridized carbons (Fsp3) is 0.412. The third-order valence-corrected chi connectivity index (χ3v) is 4.36. The van der Waals surface area contributed by atoms with Crippen molar-refractivity contribution in [1.29, 1.82) is 0 Å². The second kappa shape index (κ2) is 6.01. The maximum Gasteiger partial charge on any atom is 0.253 e. The van der Waals surface area contributed by atoms with Gasteiger partial charge in [0.2, 0.25) is 0 Å². The molecule has 116 valence electrons. The van der Waals surface area contributed by atoms with E-state index in [9.17, 15) is 14.3 Å². The zero-order valence-electron chi connectivity index (χ0n) is 12.5. The average molecular weight is 302 g/mol. The fourth-order valence-electron chi connectivity index (χ4n) is 3.04. The van der Waals surface area contributed by atoms with Crippen molar-refractivity contribution in [3.8, 4) is 0 Å². The Morgan fingerprint density at radius 3 is 2.95 bits per heavy atom. The van der Waals surface area contributed by atoms with Gasteiger partial charge in [-0.3, -0.25) is 9.78 Å². The number of amides is 1. The number of carbonyl (C=O) groups excluding carboxylic acids is 1. The molecule has 1 aliphatic rings. The molecule has 0 spiro atoms. The Morgan fingerprint density at radius 1 is 1.41 bits per heavy atom. The van der Waals surface area contributed by atoms with Crippen molar-refractivity contribution in [3.05, 3.63) is 41.3 Å². The van der Waals surface area contributed by atoms with Crippen LogP contribution in [0.4, 0.5) is 4.39 Å². The predicted molar refractivity (Wildman–Crippen MR) is 82.1 cm³/mol. The number of fused-ring (bicyclic) bond motifs is 1. The number of nitrogens with one attached hydrogen (secondary N) is 1. The Balaban J connectivity index is 1.78. The van der Waals surface area contributed by atoms with Crippen molar-refractivity contribution < 1.29 is 14.3 Å². The van der Waals surface area contributed by atoms with Crippen LogP contribution in [0.3, 0.4) is 0 Å². The van der Waals surface area contributed by atoms with E-state index in [1.165, 1.54) is 12.1 Å². The SMILES string of the molecule is Cc1nc2cc(F)ccc2cc1C(=O)NCC1CCCC1O. The number of nitrogens with zero attached hydrogens (tertiary/aromatic N) is 1. The average Bonchev–Trinajstić information content (AvgIpc) is 2.89. The van der Waals surface area contributed by atoms with Crippen LogP contribution in [0, 0.1) is 18.7 Å². The number of carbonyl (C=O) groups is 1. The lowest BCUT2D eigenvalue weighted by Crippen LogP contribution is -2.32. The molecule has 2 N–H and O–H groups in total. The molecule has 1 saturated carbocycles. The molecule has 0 bridgehead atoms. The summed E-state index contributed by atoms with van der Waals surface area (Å²) in [5.74, 6) is -0.408. The van der Waals surface area contributed by atoms with Gasteiger partial charge in [0.1, 0.15) is 5.82 Å². The Bertz CT molecular complexity index is 717. The number of aliphatic hydroxyl groups is 1. The van der Waals surface area contributed by atoms with Crippen LogP contribution in [0.1, 0.15) is 35.3 Å². The number of hydrogen-bond donors (Lipinski definition) is 2. The first-order valence-electron chi connectivity index (χ1n) is 7.58. The highest BCUT2D eigenvalue weighted by Gasteiger charge is 2.25. The zero-order valence-corrected chi connectivity index (χ0v) is 12.5. The highest BCUT2D eigenvalue weighted by Crippen LogP contribution is 2.25. The summed E-state index contributed by atoms with van der Waals surface area (Å²) in [6, 6.07) is 6.07. The molecule has 5 heteroatoms. The minimum Gasteiger partial charge on any atom is -0.393 e. The number of benzene rings is 1. The summed E-state index contributed by atoms with van der Waals surface area (Å²) in [5.41, 5.74) is 1.61. The molecule has 1 heterocycles. The van der Waals surface area contributed by atoms with Gasteiger partial charge in [-0.2, -0.15) is 0 Å². The lowest BCUT2D eigenvalue weighted by Gasteiger charge is -2.15. The van der Waals surface area contributed by atoms with Crippen LogP contribution < -0.4 is 5.32 Å². The van der Waals surface area contributed by atoms with Crippen LogP contribution in [0.25, 0.3) is 10.9 Å².